The first-order valence-corrected chi connectivity index (χ1v) is 7.64. The van der Waals surface area contributed by atoms with Gasteiger partial charge in [-0.2, -0.15) is 5.10 Å². The second kappa shape index (κ2) is 6.95. The maximum Gasteiger partial charge on any atom is 0.326 e. The number of benzene rings is 1. The van der Waals surface area contributed by atoms with Gasteiger partial charge in [0.15, 0.2) is 0 Å². The van der Waals surface area contributed by atoms with E-state index in [1.54, 1.807) is 19.2 Å². The first-order valence-electron chi connectivity index (χ1n) is 7.64. The van der Waals surface area contributed by atoms with Gasteiger partial charge in [-0.3, -0.25) is 14.7 Å². The van der Waals surface area contributed by atoms with Gasteiger partial charge in [0.05, 0.1) is 17.8 Å². The van der Waals surface area contributed by atoms with E-state index in [0.717, 1.165) is 22.2 Å². The zero-order valence-corrected chi connectivity index (χ0v) is 13.2. The summed E-state index contributed by atoms with van der Waals surface area (Å²) >= 11 is 0. The van der Waals surface area contributed by atoms with Crippen LogP contribution in [-0.2, 0) is 16.1 Å². The molecule has 0 unspecified atom stereocenters. The van der Waals surface area contributed by atoms with Gasteiger partial charge in [0, 0.05) is 17.6 Å². The fourth-order valence-electron chi connectivity index (χ4n) is 2.40. The number of hydrogen-bond donors (Lipinski definition) is 1. The minimum absolute atomic E-state index is 0.0975. The Morgan fingerprint density at radius 1 is 1.25 bits per heavy atom. The lowest BCUT2D eigenvalue weighted by Gasteiger charge is -2.05. The summed E-state index contributed by atoms with van der Waals surface area (Å²) in [6.45, 7) is 1.92. The van der Waals surface area contributed by atoms with Gasteiger partial charge in [0.2, 0.25) is 0 Å². The lowest BCUT2D eigenvalue weighted by molar-refractivity contribution is -0.143. The molecule has 0 amide bonds. The van der Waals surface area contributed by atoms with Gasteiger partial charge >= 0.3 is 5.97 Å². The zero-order chi connectivity index (χ0) is 16.9. The predicted octanol–water partition coefficient (Wildman–Crippen LogP) is 2.46. The van der Waals surface area contributed by atoms with Crippen molar-refractivity contribution in [2.24, 2.45) is 0 Å². The molecule has 6 heteroatoms. The molecular formula is C18H17N3O3. The van der Waals surface area contributed by atoms with Crippen molar-refractivity contribution in [3.05, 3.63) is 64.2 Å². The molecule has 3 rings (SSSR count). The molecule has 2 aromatic heterocycles. The molecule has 0 atom stereocenters. The minimum atomic E-state index is -0.431. The second-order valence-electron chi connectivity index (χ2n) is 5.22. The Hall–Kier alpha value is -3.15. The smallest absolute Gasteiger partial charge is 0.326 e. The standard InChI is InChI=1S/C18H17N3O3/c1-2-24-18(23)12-21-11-13(8-10-17(21)22)7-9-16-14-5-3-4-6-15(14)19-20-16/h3-11H,2,12H2,1H3,(H,19,20). The van der Waals surface area contributed by atoms with Gasteiger partial charge in [0.25, 0.3) is 5.56 Å². The monoisotopic (exact) mass is 323 g/mol. The largest absolute Gasteiger partial charge is 0.465 e. The Bertz CT molecular complexity index is 953. The molecule has 0 aliphatic heterocycles. The molecule has 0 bridgehead atoms. The highest BCUT2D eigenvalue weighted by atomic mass is 16.5. The number of para-hydroxylation sites is 1. The molecule has 0 spiro atoms. The Balaban J connectivity index is 1.85. The van der Waals surface area contributed by atoms with Crippen molar-refractivity contribution < 1.29 is 9.53 Å². The fraction of sp³-hybridized carbons (Fsp3) is 0.167. The highest BCUT2D eigenvalue weighted by molar-refractivity contribution is 5.89. The Labute approximate surface area is 138 Å². The van der Waals surface area contributed by atoms with Crippen LogP contribution >= 0.6 is 0 Å². The van der Waals surface area contributed by atoms with Crippen LogP contribution in [0.25, 0.3) is 23.1 Å². The SMILES string of the molecule is CCOC(=O)Cn1cc(C=Cc2n[nH]c3ccccc23)ccc1=O. The molecule has 0 saturated heterocycles. The molecule has 6 nitrogen and oxygen atoms in total. The topological polar surface area (TPSA) is 77.0 Å². The van der Waals surface area contributed by atoms with Gasteiger partial charge in [0.1, 0.15) is 6.54 Å². The van der Waals surface area contributed by atoms with E-state index in [0.29, 0.717) is 6.61 Å². The number of fused-ring (bicyclic) bond motifs is 1. The van der Waals surface area contributed by atoms with Crippen LogP contribution in [0.15, 0.2) is 47.4 Å². The number of carbonyl (C=O) groups is 1. The van der Waals surface area contributed by atoms with Crippen molar-refractivity contribution in [1.82, 2.24) is 14.8 Å². The Morgan fingerprint density at radius 3 is 2.92 bits per heavy atom. The summed E-state index contributed by atoms with van der Waals surface area (Å²) in [5, 5.41) is 8.26. The first-order chi connectivity index (χ1) is 11.7. The predicted molar refractivity (Wildman–Crippen MR) is 92.4 cm³/mol. The number of esters is 1. The summed E-state index contributed by atoms with van der Waals surface area (Å²) in [6.07, 6.45) is 5.35. The molecule has 0 aliphatic rings. The lowest BCUT2D eigenvalue weighted by Crippen LogP contribution is -2.24. The Kier molecular flexibility index (Phi) is 4.56. The van der Waals surface area contributed by atoms with Crippen LogP contribution in [0, 0.1) is 0 Å². The van der Waals surface area contributed by atoms with Crippen molar-refractivity contribution in [3.63, 3.8) is 0 Å². The Morgan fingerprint density at radius 2 is 2.08 bits per heavy atom. The average molecular weight is 323 g/mol. The van der Waals surface area contributed by atoms with E-state index < -0.39 is 5.97 Å². The molecule has 0 saturated carbocycles. The lowest BCUT2D eigenvalue weighted by atomic mass is 10.2. The summed E-state index contributed by atoms with van der Waals surface area (Å²) in [7, 11) is 0. The summed E-state index contributed by atoms with van der Waals surface area (Å²) in [5.74, 6) is -0.431. The number of aromatic amines is 1. The normalized spacial score (nSPS) is 11.2. The molecule has 1 aromatic carbocycles. The molecule has 0 radical (unpaired) electrons. The summed E-state index contributed by atoms with van der Waals surface area (Å²) in [4.78, 5) is 23.4. The van der Waals surface area contributed by atoms with Crippen molar-refractivity contribution in [2.75, 3.05) is 6.61 Å². The molecular weight excluding hydrogens is 306 g/mol. The van der Waals surface area contributed by atoms with Crippen molar-refractivity contribution in [1.29, 1.82) is 0 Å². The summed E-state index contributed by atoms with van der Waals surface area (Å²) in [5.41, 5.74) is 2.33. The van der Waals surface area contributed by atoms with Crippen LogP contribution < -0.4 is 5.56 Å². The molecule has 0 fully saturated rings. The maximum absolute atomic E-state index is 11.8. The number of ether oxygens (including phenoxy) is 1. The maximum atomic E-state index is 11.8. The third kappa shape index (κ3) is 3.43. The van der Waals surface area contributed by atoms with Gasteiger partial charge in [-0.1, -0.05) is 24.3 Å². The van der Waals surface area contributed by atoms with E-state index in [4.69, 9.17) is 4.74 Å². The van der Waals surface area contributed by atoms with E-state index >= 15 is 0 Å². The van der Waals surface area contributed by atoms with E-state index in [9.17, 15) is 9.59 Å². The third-order valence-corrected chi connectivity index (χ3v) is 3.54. The number of nitrogens with one attached hydrogen (secondary N) is 1. The van der Waals surface area contributed by atoms with E-state index in [1.165, 1.54) is 10.6 Å². The van der Waals surface area contributed by atoms with E-state index in [-0.39, 0.29) is 12.1 Å². The molecule has 0 aliphatic carbocycles. The number of hydrogen-bond acceptors (Lipinski definition) is 4. The summed E-state index contributed by atoms with van der Waals surface area (Å²) < 4.78 is 6.21. The van der Waals surface area contributed by atoms with Crippen LogP contribution in [0.1, 0.15) is 18.2 Å². The summed E-state index contributed by atoms with van der Waals surface area (Å²) in [6, 6.07) is 11.0. The van der Waals surface area contributed by atoms with Crippen molar-refractivity contribution >= 4 is 29.0 Å². The minimum Gasteiger partial charge on any atom is -0.465 e. The number of pyridine rings is 1. The molecule has 2 heterocycles. The van der Waals surface area contributed by atoms with E-state index in [1.807, 2.05) is 36.4 Å². The quantitative estimate of drug-likeness (QED) is 0.732. The van der Waals surface area contributed by atoms with Crippen LogP contribution in [0.5, 0.6) is 0 Å². The average Bonchev–Trinajstić information content (AvgIpc) is 2.99. The van der Waals surface area contributed by atoms with Crippen molar-refractivity contribution in [2.45, 2.75) is 13.5 Å². The van der Waals surface area contributed by atoms with Gasteiger partial charge < -0.3 is 9.30 Å². The van der Waals surface area contributed by atoms with Gasteiger partial charge in [-0.05, 0) is 30.7 Å². The number of carbonyl (C=O) groups excluding carboxylic acids is 1. The second-order valence-corrected chi connectivity index (χ2v) is 5.22. The van der Waals surface area contributed by atoms with Gasteiger partial charge in [-0.15, -0.1) is 0 Å². The first kappa shape index (κ1) is 15.7. The van der Waals surface area contributed by atoms with Crippen LogP contribution in [0.4, 0.5) is 0 Å². The number of aromatic nitrogens is 3. The third-order valence-electron chi connectivity index (χ3n) is 3.54. The van der Waals surface area contributed by atoms with Crippen LogP contribution in [-0.4, -0.2) is 27.3 Å². The number of H-pyrrole nitrogens is 1. The zero-order valence-electron chi connectivity index (χ0n) is 13.2. The fourth-order valence-corrected chi connectivity index (χ4v) is 2.40. The van der Waals surface area contributed by atoms with Crippen LogP contribution in [0.3, 0.4) is 0 Å². The molecule has 1 N–H and O–H groups in total. The molecule has 122 valence electrons. The molecule has 3 aromatic rings. The van der Waals surface area contributed by atoms with Gasteiger partial charge in [-0.25, -0.2) is 0 Å². The number of nitrogens with zero attached hydrogens (tertiary/aromatic N) is 2. The molecule has 24 heavy (non-hydrogen) atoms. The van der Waals surface area contributed by atoms with Crippen molar-refractivity contribution in [3.8, 4) is 0 Å². The van der Waals surface area contributed by atoms with E-state index in [2.05, 4.69) is 10.2 Å². The highest BCUT2D eigenvalue weighted by Gasteiger charge is 2.05. The number of rotatable bonds is 5. The highest BCUT2D eigenvalue weighted by Crippen LogP contribution is 2.17. The van der Waals surface area contributed by atoms with Crippen LogP contribution in [0.2, 0.25) is 0 Å².